The van der Waals surface area contributed by atoms with Gasteiger partial charge in [-0.25, -0.2) is 4.98 Å². The predicted octanol–water partition coefficient (Wildman–Crippen LogP) is 5.97. The maximum atomic E-state index is 9.28. The molecule has 4 aromatic rings. The lowest BCUT2D eigenvalue weighted by Gasteiger charge is -2.39. The summed E-state index contributed by atoms with van der Waals surface area (Å²) in [5.41, 5.74) is 4.68. The molecule has 2 atom stereocenters. The Hall–Kier alpha value is -3.54. The quantitative estimate of drug-likeness (QED) is 0.352. The van der Waals surface area contributed by atoms with Crippen LogP contribution in [-0.2, 0) is 6.54 Å². The monoisotopic (exact) mass is 496 g/mol. The van der Waals surface area contributed by atoms with Crippen LogP contribution in [0.25, 0.3) is 10.2 Å². The fourth-order valence-electron chi connectivity index (χ4n) is 5.77. The lowest BCUT2D eigenvalue weighted by Crippen LogP contribution is -2.46. The Labute approximate surface area is 214 Å². The minimum absolute atomic E-state index is 0.332. The summed E-state index contributed by atoms with van der Waals surface area (Å²) < 4.78 is 7.30. The van der Waals surface area contributed by atoms with E-state index >= 15 is 0 Å². The van der Waals surface area contributed by atoms with Gasteiger partial charge < -0.3 is 10.1 Å². The van der Waals surface area contributed by atoms with Gasteiger partial charge in [0, 0.05) is 37.1 Å². The normalized spacial score (nSPS) is 21.4. The first kappa shape index (κ1) is 22.9. The minimum Gasteiger partial charge on any atom is -0.437 e. The Morgan fingerprint density at radius 2 is 1.81 bits per heavy atom. The minimum atomic E-state index is 0.332. The van der Waals surface area contributed by atoms with Gasteiger partial charge in [-0.05, 0) is 91.9 Å². The van der Waals surface area contributed by atoms with Crippen molar-refractivity contribution in [1.82, 2.24) is 19.9 Å². The molecule has 0 spiro atoms. The van der Waals surface area contributed by atoms with Crippen molar-refractivity contribution in [2.45, 2.75) is 64.2 Å². The number of piperidine rings is 1. The Balaban J connectivity index is 1.22. The van der Waals surface area contributed by atoms with Crippen LogP contribution in [0.5, 0.6) is 11.6 Å². The summed E-state index contributed by atoms with van der Waals surface area (Å²) in [6.07, 6.45) is 8.40. The summed E-state index contributed by atoms with van der Waals surface area (Å²) in [7, 11) is 0. The summed E-state index contributed by atoms with van der Waals surface area (Å²) in [5, 5.41) is 14.9. The van der Waals surface area contributed by atoms with Crippen LogP contribution < -0.4 is 10.1 Å². The third-order valence-corrected chi connectivity index (χ3v) is 8.28. The average Bonchev–Trinajstić information content (AvgIpc) is 3.43. The van der Waals surface area contributed by atoms with Crippen molar-refractivity contribution < 1.29 is 4.74 Å². The highest BCUT2D eigenvalue weighted by Crippen LogP contribution is 2.39. The summed E-state index contributed by atoms with van der Waals surface area (Å²) >= 11 is 1.58. The molecule has 7 nitrogen and oxygen atoms in total. The highest BCUT2D eigenvalue weighted by Gasteiger charge is 2.40. The van der Waals surface area contributed by atoms with E-state index in [1.807, 2.05) is 49.8 Å². The molecule has 2 bridgehead atoms. The van der Waals surface area contributed by atoms with Crippen molar-refractivity contribution in [3.63, 3.8) is 0 Å². The molecule has 182 valence electrons. The Morgan fingerprint density at radius 3 is 2.50 bits per heavy atom. The van der Waals surface area contributed by atoms with Crippen LogP contribution in [0.1, 0.15) is 47.9 Å². The number of benzene rings is 1. The van der Waals surface area contributed by atoms with Crippen molar-refractivity contribution in [2.75, 3.05) is 5.32 Å². The van der Waals surface area contributed by atoms with Crippen LogP contribution in [0.2, 0.25) is 0 Å². The lowest BCUT2D eigenvalue weighted by molar-refractivity contribution is 0.124. The summed E-state index contributed by atoms with van der Waals surface area (Å²) in [5.74, 6) is 1.93. The number of rotatable bonds is 6. The number of nitrogens with zero attached hydrogens (tertiary/aromatic N) is 5. The van der Waals surface area contributed by atoms with Gasteiger partial charge in [-0.2, -0.15) is 10.2 Å². The van der Waals surface area contributed by atoms with Crippen LogP contribution in [0, 0.1) is 25.2 Å². The van der Waals surface area contributed by atoms with E-state index in [4.69, 9.17) is 14.7 Å². The molecule has 5 heterocycles. The maximum Gasteiger partial charge on any atom is 0.242 e. The van der Waals surface area contributed by atoms with E-state index < -0.39 is 0 Å². The van der Waals surface area contributed by atoms with E-state index in [2.05, 4.69) is 33.4 Å². The number of nitriles is 1. The molecule has 0 amide bonds. The number of aryl methyl sites for hydroxylation is 2. The van der Waals surface area contributed by atoms with Crippen molar-refractivity contribution in [1.29, 1.82) is 5.26 Å². The highest BCUT2D eigenvalue weighted by molar-refractivity contribution is 7.17. The topological polar surface area (TPSA) is 87.0 Å². The van der Waals surface area contributed by atoms with Crippen LogP contribution in [0.4, 0.5) is 5.95 Å². The van der Waals surface area contributed by atoms with Crippen LogP contribution in [0.15, 0.2) is 48.1 Å². The second-order valence-corrected chi connectivity index (χ2v) is 10.8. The van der Waals surface area contributed by atoms with Crippen molar-refractivity contribution in [3.05, 3.63) is 70.4 Å². The third kappa shape index (κ3) is 4.41. The number of thiophene rings is 1. The number of pyridine rings is 1. The molecule has 0 aliphatic carbocycles. The first-order valence-electron chi connectivity index (χ1n) is 12.4. The zero-order chi connectivity index (χ0) is 24.6. The number of hydrogen-bond acceptors (Lipinski definition) is 8. The van der Waals surface area contributed by atoms with Gasteiger partial charge in [-0.15, -0.1) is 11.3 Å². The standard InChI is InChI=1S/C28H28N6OS/c1-17-11-20(15-29)12-18(2)25(17)35-27-26-24(7-10-36-26)32-28(33-27)31-21-13-22-3-4-23(14-21)34(22)16-19-5-8-30-9-6-19/h5-12,21-23H,3-4,13-14,16H2,1-2H3,(H,31,32,33). The summed E-state index contributed by atoms with van der Waals surface area (Å²) in [6, 6.07) is 13.6. The van der Waals surface area contributed by atoms with Crippen molar-refractivity contribution in [3.8, 4) is 17.7 Å². The van der Waals surface area contributed by atoms with Gasteiger partial charge in [0.2, 0.25) is 11.8 Å². The first-order valence-corrected chi connectivity index (χ1v) is 13.3. The van der Waals surface area contributed by atoms with Gasteiger partial charge in [-0.1, -0.05) is 0 Å². The number of hydrogen-bond donors (Lipinski definition) is 1. The van der Waals surface area contributed by atoms with Gasteiger partial charge in [0.1, 0.15) is 10.4 Å². The van der Waals surface area contributed by atoms with Gasteiger partial charge >= 0.3 is 0 Å². The summed E-state index contributed by atoms with van der Waals surface area (Å²) in [4.78, 5) is 16.5. The Morgan fingerprint density at radius 1 is 1.08 bits per heavy atom. The number of aromatic nitrogens is 3. The van der Waals surface area contributed by atoms with E-state index in [0.717, 1.165) is 46.5 Å². The van der Waals surface area contributed by atoms with Crippen molar-refractivity contribution in [2.24, 2.45) is 0 Å². The number of nitrogens with one attached hydrogen (secondary N) is 1. The fraction of sp³-hybridized carbons (Fsp3) is 0.357. The van der Waals surface area contributed by atoms with E-state index in [9.17, 15) is 5.26 Å². The van der Waals surface area contributed by atoms with E-state index in [-0.39, 0.29) is 0 Å². The fourth-order valence-corrected chi connectivity index (χ4v) is 6.53. The molecule has 8 heteroatoms. The van der Waals surface area contributed by atoms with Gasteiger partial charge in [0.25, 0.3) is 0 Å². The molecule has 0 radical (unpaired) electrons. The number of ether oxygens (including phenoxy) is 1. The molecule has 1 N–H and O–H groups in total. The molecule has 2 aliphatic rings. The van der Waals surface area contributed by atoms with Gasteiger partial charge in [0.05, 0.1) is 17.1 Å². The Kier molecular flexibility index (Phi) is 6.04. The number of anilines is 1. The highest BCUT2D eigenvalue weighted by atomic mass is 32.1. The molecule has 2 unspecified atom stereocenters. The predicted molar refractivity (Wildman–Crippen MR) is 141 cm³/mol. The second kappa shape index (κ2) is 9.49. The molecule has 1 aromatic carbocycles. The maximum absolute atomic E-state index is 9.28. The molecular formula is C28H28N6OS. The smallest absolute Gasteiger partial charge is 0.242 e. The third-order valence-electron chi connectivity index (χ3n) is 7.39. The molecule has 3 aromatic heterocycles. The molecule has 2 saturated heterocycles. The Bertz CT molecular complexity index is 1410. The molecular weight excluding hydrogens is 468 g/mol. The second-order valence-electron chi connectivity index (χ2n) is 9.87. The zero-order valence-corrected chi connectivity index (χ0v) is 21.3. The van der Waals surface area contributed by atoms with E-state index in [0.29, 0.717) is 35.5 Å². The van der Waals surface area contributed by atoms with Crippen LogP contribution >= 0.6 is 11.3 Å². The van der Waals surface area contributed by atoms with Crippen LogP contribution in [-0.4, -0.2) is 38.0 Å². The average molecular weight is 497 g/mol. The van der Waals surface area contributed by atoms with Gasteiger partial charge in [0.15, 0.2) is 0 Å². The zero-order valence-electron chi connectivity index (χ0n) is 20.4. The molecule has 2 aliphatic heterocycles. The van der Waals surface area contributed by atoms with Crippen molar-refractivity contribution >= 4 is 27.5 Å². The lowest BCUT2D eigenvalue weighted by atomic mass is 9.97. The van der Waals surface area contributed by atoms with E-state index in [1.165, 1.54) is 18.4 Å². The molecule has 2 fully saturated rings. The molecule has 6 rings (SSSR count). The first-order chi connectivity index (χ1) is 17.6. The largest absolute Gasteiger partial charge is 0.437 e. The summed E-state index contributed by atoms with van der Waals surface area (Å²) in [6.45, 7) is 4.92. The van der Waals surface area contributed by atoms with Gasteiger partial charge in [-0.3, -0.25) is 9.88 Å². The molecule has 36 heavy (non-hydrogen) atoms. The molecule has 0 saturated carbocycles. The number of fused-ring (bicyclic) bond motifs is 3. The SMILES string of the molecule is Cc1cc(C#N)cc(C)c1Oc1nc(NC2CC3CCC(C2)N3Cc2ccncc2)nc2ccsc12. The van der Waals surface area contributed by atoms with Crippen LogP contribution in [0.3, 0.4) is 0 Å². The van der Waals surface area contributed by atoms with E-state index in [1.54, 1.807) is 11.3 Å².